The normalized spacial score (nSPS) is 25.6. The van der Waals surface area contributed by atoms with Crippen LogP contribution in [0.3, 0.4) is 0 Å². The van der Waals surface area contributed by atoms with E-state index in [0.717, 1.165) is 12.8 Å². The van der Waals surface area contributed by atoms with Gasteiger partial charge in [0.1, 0.15) is 5.69 Å². The van der Waals surface area contributed by atoms with Crippen LogP contribution in [0.25, 0.3) is 0 Å². The molecule has 3 rings (SSSR count). The van der Waals surface area contributed by atoms with Crippen molar-refractivity contribution >= 4 is 11.4 Å². The second-order valence-corrected chi connectivity index (χ2v) is 5.88. The van der Waals surface area contributed by atoms with Crippen LogP contribution in [0.1, 0.15) is 31.2 Å². The first-order valence-corrected chi connectivity index (χ1v) is 7.43. The van der Waals surface area contributed by atoms with E-state index in [1.54, 1.807) is 12.1 Å². The first-order chi connectivity index (χ1) is 10.2. The van der Waals surface area contributed by atoms with Gasteiger partial charge in [-0.15, -0.1) is 0 Å². The molecule has 1 saturated carbocycles. The third-order valence-electron chi connectivity index (χ3n) is 4.26. The predicted molar refractivity (Wildman–Crippen MR) is 78.1 cm³/mol. The van der Waals surface area contributed by atoms with Gasteiger partial charge in [0.2, 0.25) is 0 Å². The topological polar surface area (TPSA) is 84.6 Å². The summed E-state index contributed by atoms with van der Waals surface area (Å²) in [5, 5.41) is 23.6. The predicted octanol–water partition coefficient (Wildman–Crippen LogP) is 2.46. The molecule has 2 unspecified atom stereocenters. The number of nitro groups is 1. The van der Waals surface area contributed by atoms with E-state index in [1.165, 1.54) is 18.9 Å². The molecule has 2 N–H and O–H groups in total. The summed E-state index contributed by atoms with van der Waals surface area (Å²) in [5.41, 5.74) is 1.23. The van der Waals surface area contributed by atoms with Crippen LogP contribution in [-0.2, 0) is 11.3 Å². The van der Waals surface area contributed by atoms with Crippen LogP contribution in [0.4, 0.5) is 11.4 Å². The number of nitrogens with zero attached hydrogens (tertiary/aromatic N) is 1. The maximum absolute atomic E-state index is 11.1. The van der Waals surface area contributed by atoms with Gasteiger partial charge in [-0.3, -0.25) is 10.1 Å². The molecule has 1 aromatic rings. The fourth-order valence-electron chi connectivity index (χ4n) is 2.93. The molecular formula is C15H20N2O4. The molecule has 1 heterocycles. The smallest absolute Gasteiger partial charge is 0.292 e. The molecule has 2 atom stereocenters. The number of hydrogen-bond acceptors (Lipinski definition) is 5. The Kier molecular flexibility index (Phi) is 4.07. The second-order valence-electron chi connectivity index (χ2n) is 5.88. The molecule has 0 aromatic heterocycles. The third-order valence-corrected chi connectivity index (χ3v) is 4.26. The minimum atomic E-state index is -0.388. The molecule has 0 amide bonds. The number of nitro benzene ring substituents is 1. The first kappa shape index (κ1) is 14.3. The summed E-state index contributed by atoms with van der Waals surface area (Å²) >= 11 is 0. The molecule has 1 aromatic carbocycles. The standard InChI is InChI=1S/C15H20N2O4/c18-9-10-1-4-14(17(19)20)13(7-10)16-12-5-6-21-15(8-12)11-2-3-11/h1,4,7,11-12,15-16,18H,2-3,5-6,8-9H2. The summed E-state index contributed by atoms with van der Waals surface area (Å²) in [5.74, 6) is 0.674. The van der Waals surface area contributed by atoms with Crippen LogP contribution in [0, 0.1) is 16.0 Å². The number of nitrogens with one attached hydrogen (secondary N) is 1. The number of aliphatic hydroxyl groups is 1. The Morgan fingerprint density at radius 3 is 2.86 bits per heavy atom. The Morgan fingerprint density at radius 1 is 1.38 bits per heavy atom. The van der Waals surface area contributed by atoms with Gasteiger partial charge >= 0.3 is 0 Å². The zero-order valence-corrected chi connectivity index (χ0v) is 11.8. The summed E-state index contributed by atoms with van der Waals surface area (Å²) in [4.78, 5) is 10.7. The zero-order valence-electron chi connectivity index (χ0n) is 11.8. The molecule has 1 saturated heterocycles. The lowest BCUT2D eigenvalue weighted by atomic mass is 9.99. The molecule has 0 spiro atoms. The fraction of sp³-hybridized carbons (Fsp3) is 0.600. The van der Waals surface area contributed by atoms with E-state index in [9.17, 15) is 15.2 Å². The summed E-state index contributed by atoms with van der Waals surface area (Å²) in [7, 11) is 0. The lowest BCUT2D eigenvalue weighted by molar-refractivity contribution is -0.384. The highest BCUT2D eigenvalue weighted by Gasteiger charge is 2.36. The van der Waals surface area contributed by atoms with Crippen molar-refractivity contribution in [2.45, 2.75) is 44.4 Å². The Hall–Kier alpha value is -1.66. The lowest BCUT2D eigenvalue weighted by Gasteiger charge is -2.30. The summed E-state index contributed by atoms with van der Waals surface area (Å²) in [6.07, 6.45) is 4.50. The molecule has 2 aliphatic rings. The number of hydrogen-bond donors (Lipinski definition) is 2. The van der Waals surface area contributed by atoms with Gasteiger partial charge in [0.25, 0.3) is 5.69 Å². The molecule has 6 nitrogen and oxygen atoms in total. The quantitative estimate of drug-likeness (QED) is 0.643. The Labute approximate surface area is 123 Å². The van der Waals surface area contributed by atoms with Crippen molar-refractivity contribution in [2.75, 3.05) is 11.9 Å². The molecule has 0 bridgehead atoms. The van der Waals surface area contributed by atoms with Crippen LogP contribution in [0.2, 0.25) is 0 Å². The summed E-state index contributed by atoms with van der Waals surface area (Å²) in [6.45, 7) is 0.581. The largest absolute Gasteiger partial charge is 0.392 e. The van der Waals surface area contributed by atoms with Crippen molar-refractivity contribution in [3.8, 4) is 0 Å². The highest BCUT2D eigenvalue weighted by atomic mass is 16.6. The van der Waals surface area contributed by atoms with Gasteiger partial charge in [-0.25, -0.2) is 0 Å². The van der Waals surface area contributed by atoms with Gasteiger partial charge in [-0.2, -0.15) is 0 Å². The van der Waals surface area contributed by atoms with Crippen LogP contribution in [-0.4, -0.2) is 28.8 Å². The van der Waals surface area contributed by atoms with Crippen molar-refractivity contribution in [3.05, 3.63) is 33.9 Å². The average molecular weight is 292 g/mol. The van der Waals surface area contributed by atoms with E-state index in [1.807, 2.05) is 0 Å². The van der Waals surface area contributed by atoms with Crippen molar-refractivity contribution in [1.82, 2.24) is 0 Å². The van der Waals surface area contributed by atoms with Crippen molar-refractivity contribution in [1.29, 1.82) is 0 Å². The van der Waals surface area contributed by atoms with Crippen LogP contribution in [0.15, 0.2) is 18.2 Å². The number of ether oxygens (including phenoxy) is 1. The van der Waals surface area contributed by atoms with Crippen LogP contribution >= 0.6 is 0 Å². The Balaban J connectivity index is 1.74. The van der Waals surface area contributed by atoms with Crippen molar-refractivity contribution in [2.24, 2.45) is 5.92 Å². The number of rotatable bonds is 5. The monoisotopic (exact) mass is 292 g/mol. The molecule has 114 valence electrons. The third kappa shape index (κ3) is 3.33. The summed E-state index contributed by atoms with van der Waals surface area (Å²) in [6, 6.07) is 4.89. The van der Waals surface area contributed by atoms with Crippen molar-refractivity contribution < 1.29 is 14.8 Å². The SMILES string of the molecule is O=[N+]([O-])c1ccc(CO)cc1NC1CCOC(C2CC2)C1. The van der Waals surface area contributed by atoms with Gasteiger partial charge in [0, 0.05) is 18.7 Å². The van der Waals surface area contributed by atoms with Crippen LogP contribution < -0.4 is 5.32 Å². The molecule has 0 radical (unpaired) electrons. The van der Waals surface area contributed by atoms with E-state index < -0.39 is 0 Å². The van der Waals surface area contributed by atoms with Gasteiger partial charge in [-0.05, 0) is 49.3 Å². The van der Waals surface area contributed by atoms with Crippen molar-refractivity contribution in [3.63, 3.8) is 0 Å². The van der Waals surface area contributed by atoms with E-state index in [2.05, 4.69) is 5.32 Å². The molecule has 1 aliphatic carbocycles. The van der Waals surface area contributed by atoms with Gasteiger partial charge in [0.15, 0.2) is 0 Å². The first-order valence-electron chi connectivity index (χ1n) is 7.43. The van der Waals surface area contributed by atoms with E-state index >= 15 is 0 Å². The summed E-state index contributed by atoms with van der Waals surface area (Å²) < 4.78 is 5.78. The van der Waals surface area contributed by atoms with Crippen LogP contribution in [0.5, 0.6) is 0 Å². The van der Waals surface area contributed by atoms with E-state index in [0.29, 0.717) is 23.8 Å². The maximum Gasteiger partial charge on any atom is 0.292 e. The molecule has 21 heavy (non-hydrogen) atoms. The highest BCUT2D eigenvalue weighted by molar-refractivity contribution is 5.63. The lowest BCUT2D eigenvalue weighted by Crippen LogP contribution is -2.35. The van der Waals surface area contributed by atoms with Gasteiger partial charge < -0.3 is 15.2 Å². The second kappa shape index (κ2) is 5.99. The average Bonchev–Trinajstić information content (AvgIpc) is 3.32. The zero-order chi connectivity index (χ0) is 14.8. The van der Waals surface area contributed by atoms with Gasteiger partial charge in [-0.1, -0.05) is 0 Å². The van der Waals surface area contributed by atoms with E-state index in [-0.39, 0.29) is 29.4 Å². The minimum Gasteiger partial charge on any atom is -0.392 e. The maximum atomic E-state index is 11.1. The molecule has 2 fully saturated rings. The number of benzene rings is 1. The number of aliphatic hydroxyl groups excluding tert-OH is 1. The highest BCUT2D eigenvalue weighted by Crippen LogP contribution is 2.39. The molecular weight excluding hydrogens is 272 g/mol. The fourth-order valence-corrected chi connectivity index (χ4v) is 2.93. The minimum absolute atomic E-state index is 0.0571. The van der Waals surface area contributed by atoms with Gasteiger partial charge in [0.05, 0.1) is 17.6 Å². The van der Waals surface area contributed by atoms with E-state index in [4.69, 9.17) is 4.74 Å². The Bertz CT molecular complexity index is 530. The molecule has 1 aliphatic heterocycles. The Morgan fingerprint density at radius 2 is 2.19 bits per heavy atom. The molecule has 6 heteroatoms. The number of anilines is 1.